The molecule has 1 aromatic rings. The average molecular weight is 240 g/mol. The van der Waals surface area contributed by atoms with Gasteiger partial charge in [-0.3, -0.25) is 0 Å². The molecule has 0 spiro atoms. The average Bonchev–Trinajstić information content (AvgIpc) is 2.20. The van der Waals surface area contributed by atoms with Crippen LogP contribution in [-0.2, 0) is 0 Å². The second-order valence-corrected chi connectivity index (χ2v) is 5.41. The zero-order chi connectivity index (χ0) is 11.5. The molecular weight excluding hydrogens is 222 g/mol. The summed E-state index contributed by atoms with van der Waals surface area (Å²) in [7, 11) is 0. The van der Waals surface area contributed by atoms with Gasteiger partial charge in [-0.1, -0.05) is 25.4 Å². The number of pyridine rings is 1. The number of ether oxygens (including phenoxy) is 1. The van der Waals surface area contributed by atoms with E-state index in [1.807, 2.05) is 12.1 Å². The van der Waals surface area contributed by atoms with Crippen molar-refractivity contribution in [2.45, 2.75) is 39.2 Å². The van der Waals surface area contributed by atoms with E-state index in [0.717, 1.165) is 24.7 Å². The van der Waals surface area contributed by atoms with Crippen LogP contribution in [0, 0.1) is 11.8 Å². The van der Waals surface area contributed by atoms with E-state index in [9.17, 15) is 0 Å². The standard InChI is InChI=1S/C13H18ClNO/c1-9-5-10(2)7-12(6-9)16-13-4-3-11(14)8-15-13/h3-4,8-10,12H,5-7H2,1-2H3. The monoisotopic (exact) mass is 239 g/mol. The molecule has 1 fully saturated rings. The molecule has 2 unspecified atom stereocenters. The van der Waals surface area contributed by atoms with Crippen molar-refractivity contribution in [3.05, 3.63) is 23.4 Å². The van der Waals surface area contributed by atoms with E-state index in [1.54, 1.807) is 6.20 Å². The van der Waals surface area contributed by atoms with Crippen molar-refractivity contribution >= 4 is 11.6 Å². The molecule has 1 aliphatic rings. The lowest BCUT2D eigenvalue weighted by molar-refractivity contribution is 0.0967. The summed E-state index contributed by atoms with van der Waals surface area (Å²) in [6.07, 6.45) is 5.52. The normalized spacial score (nSPS) is 30.1. The van der Waals surface area contributed by atoms with Gasteiger partial charge in [-0.05, 0) is 37.2 Å². The molecule has 0 aliphatic heterocycles. The van der Waals surface area contributed by atoms with E-state index < -0.39 is 0 Å². The first-order valence-corrected chi connectivity index (χ1v) is 6.29. The lowest BCUT2D eigenvalue weighted by Gasteiger charge is -2.31. The van der Waals surface area contributed by atoms with Crippen molar-refractivity contribution in [3.8, 4) is 5.88 Å². The summed E-state index contributed by atoms with van der Waals surface area (Å²) in [6, 6.07) is 3.66. The topological polar surface area (TPSA) is 22.1 Å². The Kier molecular flexibility index (Phi) is 3.70. The largest absolute Gasteiger partial charge is 0.474 e. The molecule has 0 saturated heterocycles. The minimum absolute atomic E-state index is 0.312. The molecule has 1 heterocycles. The van der Waals surface area contributed by atoms with Gasteiger partial charge in [0.1, 0.15) is 6.10 Å². The Balaban J connectivity index is 1.96. The molecule has 16 heavy (non-hydrogen) atoms. The highest BCUT2D eigenvalue weighted by Crippen LogP contribution is 2.30. The van der Waals surface area contributed by atoms with E-state index in [2.05, 4.69) is 18.8 Å². The van der Waals surface area contributed by atoms with Crippen molar-refractivity contribution in [1.29, 1.82) is 0 Å². The lowest BCUT2D eigenvalue weighted by atomic mass is 9.82. The zero-order valence-electron chi connectivity index (χ0n) is 9.82. The van der Waals surface area contributed by atoms with Crippen molar-refractivity contribution < 1.29 is 4.74 Å². The molecule has 1 aliphatic carbocycles. The van der Waals surface area contributed by atoms with E-state index in [1.165, 1.54) is 6.42 Å². The van der Waals surface area contributed by atoms with Crippen LogP contribution >= 0.6 is 11.6 Å². The van der Waals surface area contributed by atoms with Gasteiger partial charge >= 0.3 is 0 Å². The molecule has 2 nitrogen and oxygen atoms in total. The fourth-order valence-corrected chi connectivity index (χ4v) is 2.68. The number of halogens is 1. The number of aromatic nitrogens is 1. The molecule has 1 aromatic heterocycles. The minimum Gasteiger partial charge on any atom is -0.474 e. The molecule has 2 rings (SSSR count). The van der Waals surface area contributed by atoms with Gasteiger partial charge < -0.3 is 4.74 Å². The molecule has 0 N–H and O–H groups in total. The SMILES string of the molecule is CC1CC(C)CC(Oc2ccc(Cl)cn2)C1. The summed E-state index contributed by atoms with van der Waals surface area (Å²) in [5.41, 5.74) is 0. The number of hydrogen-bond acceptors (Lipinski definition) is 2. The van der Waals surface area contributed by atoms with Gasteiger partial charge in [0.15, 0.2) is 0 Å². The number of rotatable bonds is 2. The van der Waals surface area contributed by atoms with E-state index in [-0.39, 0.29) is 0 Å². The van der Waals surface area contributed by atoms with Crippen LogP contribution in [0.2, 0.25) is 5.02 Å². The van der Waals surface area contributed by atoms with Crippen LogP contribution in [0.4, 0.5) is 0 Å². The first-order chi connectivity index (χ1) is 7.63. The van der Waals surface area contributed by atoms with Crippen LogP contribution < -0.4 is 4.74 Å². The lowest BCUT2D eigenvalue weighted by Crippen LogP contribution is -2.28. The third-order valence-corrected chi connectivity index (χ3v) is 3.35. The Hall–Kier alpha value is -0.760. The molecule has 1 saturated carbocycles. The Bertz CT molecular complexity index is 328. The van der Waals surface area contributed by atoms with Gasteiger partial charge in [0, 0.05) is 12.3 Å². The molecular formula is C13H18ClNO. The fraction of sp³-hybridized carbons (Fsp3) is 0.615. The first kappa shape index (κ1) is 11.7. The maximum atomic E-state index is 5.88. The summed E-state index contributed by atoms with van der Waals surface area (Å²) in [6.45, 7) is 4.59. The van der Waals surface area contributed by atoms with Gasteiger partial charge in [0.2, 0.25) is 5.88 Å². The molecule has 0 aromatic carbocycles. The summed E-state index contributed by atoms with van der Waals surface area (Å²) in [4.78, 5) is 4.17. The maximum Gasteiger partial charge on any atom is 0.213 e. The third kappa shape index (κ3) is 3.11. The molecule has 0 amide bonds. The summed E-state index contributed by atoms with van der Waals surface area (Å²) >= 11 is 5.78. The highest BCUT2D eigenvalue weighted by atomic mass is 35.5. The van der Waals surface area contributed by atoms with E-state index in [0.29, 0.717) is 17.0 Å². The molecule has 0 radical (unpaired) electrons. The van der Waals surface area contributed by atoms with Gasteiger partial charge in [0.05, 0.1) is 5.02 Å². The van der Waals surface area contributed by atoms with Crippen LogP contribution in [0.1, 0.15) is 33.1 Å². The van der Waals surface area contributed by atoms with Gasteiger partial charge in [0.25, 0.3) is 0 Å². The Morgan fingerprint density at radius 2 is 1.88 bits per heavy atom. The number of nitrogens with zero attached hydrogens (tertiary/aromatic N) is 1. The molecule has 0 bridgehead atoms. The Labute approximate surface area is 102 Å². The predicted octanol–water partition coefficient (Wildman–Crippen LogP) is 3.94. The van der Waals surface area contributed by atoms with Crippen LogP contribution in [0.15, 0.2) is 18.3 Å². The van der Waals surface area contributed by atoms with Crippen molar-refractivity contribution in [2.24, 2.45) is 11.8 Å². The van der Waals surface area contributed by atoms with Crippen molar-refractivity contribution in [2.75, 3.05) is 0 Å². The molecule has 88 valence electrons. The van der Waals surface area contributed by atoms with Crippen LogP contribution in [0.5, 0.6) is 5.88 Å². The zero-order valence-corrected chi connectivity index (χ0v) is 10.6. The second kappa shape index (κ2) is 5.05. The van der Waals surface area contributed by atoms with E-state index >= 15 is 0 Å². The second-order valence-electron chi connectivity index (χ2n) is 4.97. The first-order valence-electron chi connectivity index (χ1n) is 5.91. The van der Waals surface area contributed by atoms with Crippen molar-refractivity contribution in [3.63, 3.8) is 0 Å². The van der Waals surface area contributed by atoms with Crippen LogP contribution in [0.25, 0.3) is 0 Å². The molecule has 3 heteroatoms. The quantitative estimate of drug-likeness (QED) is 0.780. The van der Waals surface area contributed by atoms with Gasteiger partial charge in [-0.15, -0.1) is 0 Å². The summed E-state index contributed by atoms with van der Waals surface area (Å²) < 4.78 is 5.88. The smallest absolute Gasteiger partial charge is 0.213 e. The highest BCUT2D eigenvalue weighted by molar-refractivity contribution is 6.30. The predicted molar refractivity (Wildman–Crippen MR) is 65.8 cm³/mol. The minimum atomic E-state index is 0.312. The third-order valence-electron chi connectivity index (χ3n) is 3.12. The van der Waals surface area contributed by atoms with Gasteiger partial charge in [-0.2, -0.15) is 0 Å². The Morgan fingerprint density at radius 3 is 2.44 bits per heavy atom. The van der Waals surface area contributed by atoms with Crippen LogP contribution in [-0.4, -0.2) is 11.1 Å². The summed E-state index contributed by atoms with van der Waals surface area (Å²) in [5, 5.41) is 0.651. The summed E-state index contributed by atoms with van der Waals surface area (Å²) in [5.74, 6) is 2.19. The maximum absolute atomic E-state index is 5.88. The van der Waals surface area contributed by atoms with Gasteiger partial charge in [-0.25, -0.2) is 4.98 Å². The van der Waals surface area contributed by atoms with E-state index in [4.69, 9.17) is 16.3 Å². The van der Waals surface area contributed by atoms with Crippen molar-refractivity contribution in [1.82, 2.24) is 4.98 Å². The fourth-order valence-electron chi connectivity index (χ4n) is 2.57. The number of hydrogen-bond donors (Lipinski definition) is 0. The van der Waals surface area contributed by atoms with Crippen LogP contribution in [0.3, 0.4) is 0 Å². The molecule has 2 atom stereocenters. The highest BCUT2D eigenvalue weighted by Gasteiger charge is 2.25. The Morgan fingerprint density at radius 1 is 1.19 bits per heavy atom.